The molecular weight excluding hydrogens is 629 g/mol. The Morgan fingerprint density at radius 2 is 1.15 bits per heavy atom. The van der Waals surface area contributed by atoms with Crippen LogP contribution in [0.25, 0.3) is 44.1 Å². The number of hydrogen-bond acceptors (Lipinski definition) is 1. The SMILES string of the molecule is CC1CC(c2ccccc2)=CC=C1N(c1ccccc1)c1ccc2c3ccccc3n(C3C=CC(c4ccc(-c5ccccc5)cc4)=CC3C)c2c1. The molecule has 0 bridgehead atoms. The summed E-state index contributed by atoms with van der Waals surface area (Å²) in [6, 6.07) is 57.4. The van der Waals surface area contributed by atoms with Crippen molar-refractivity contribution in [1.29, 1.82) is 0 Å². The summed E-state index contributed by atoms with van der Waals surface area (Å²) in [5, 5.41) is 2.58. The number of benzene rings is 6. The molecule has 0 saturated carbocycles. The lowest BCUT2D eigenvalue weighted by molar-refractivity contribution is 0.511. The van der Waals surface area contributed by atoms with Gasteiger partial charge in [-0.2, -0.15) is 0 Å². The molecule has 0 aliphatic heterocycles. The van der Waals surface area contributed by atoms with Crippen LogP contribution in [-0.2, 0) is 0 Å². The van der Waals surface area contributed by atoms with E-state index < -0.39 is 0 Å². The Morgan fingerprint density at radius 1 is 0.538 bits per heavy atom. The Morgan fingerprint density at radius 3 is 1.87 bits per heavy atom. The van der Waals surface area contributed by atoms with E-state index in [1.807, 2.05) is 0 Å². The molecule has 9 rings (SSSR count). The first-order chi connectivity index (χ1) is 25.6. The van der Waals surface area contributed by atoms with E-state index in [9.17, 15) is 0 Å². The lowest BCUT2D eigenvalue weighted by Gasteiger charge is -2.34. The molecule has 252 valence electrons. The third-order valence-corrected chi connectivity index (χ3v) is 10.9. The van der Waals surface area contributed by atoms with Crippen molar-refractivity contribution in [2.45, 2.75) is 26.3 Å². The smallest absolute Gasteiger partial charge is 0.0586 e. The highest BCUT2D eigenvalue weighted by atomic mass is 15.2. The molecule has 0 N–H and O–H groups in total. The predicted molar refractivity (Wildman–Crippen MR) is 222 cm³/mol. The molecule has 3 atom stereocenters. The molecule has 0 amide bonds. The van der Waals surface area contributed by atoms with Gasteiger partial charge in [-0.05, 0) is 82.1 Å². The Bertz CT molecular complexity index is 2500. The highest BCUT2D eigenvalue weighted by Gasteiger charge is 2.27. The minimum absolute atomic E-state index is 0.180. The van der Waals surface area contributed by atoms with Crippen LogP contribution in [-0.4, -0.2) is 4.57 Å². The molecule has 0 saturated heterocycles. The molecule has 0 fully saturated rings. The van der Waals surface area contributed by atoms with Gasteiger partial charge in [0.25, 0.3) is 0 Å². The van der Waals surface area contributed by atoms with Crippen LogP contribution in [0.15, 0.2) is 194 Å². The van der Waals surface area contributed by atoms with Gasteiger partial charge in [-0.25, -0.2) is 0 Å². The van der Waals surface area contributed by atoms with Crippen LogP contribution in [0.5, 0.6) is 0 Å². The number of fused-ring (bicyclic) bond motifs is 3. The number of para-hydroxylation sites is 2. The van der Waals surface area contributed by atoms with Crippen molar-refractivity contribution in [2.75, 3.05) is 4.90 Å². The van der Waals surface area contributed by atoms with Gasteiger partial charge < -0.3 is 9.47 Å². The lowest BCUT2D eigenvalue weighted by Crippen LogP contribution is -2.23. The fourth-order valence-electron chi connectivity index (χ4n) is 8.30. The second-order valence-electron chi connectivity index (χ2n) is 14.3. The topological polar surface area (TPSA) is 8.17 Å². The lowest BCUT2D eigenvalue weighted by atomic mass is 9.87. The van der Waals surface area contributed by atoms with Crippen molar-refractivity contribution in [3.63, 3.8) is 0 Å². The number of hydrogen-bond donors (Lipinski definition) is 0. The van der Waals surface area contributed by atoms with Gasteiger partial charge >= 0.3 is 0 Å². The van der Waals surface area contributed by atoms with Crippen molar-refractivity contribution in [1.82, 2.24) is 4.57 Å². The van der Waals surface area contributed by atoms with Gasteiger partial charge in [0, 0.05) is 39.3 Å². The molecular formula is C50H42N2. The van der Waals surface area contributed by atoms with E-state index in [0.29, 0.717) is 11.8 Å². The van der Waals surface area contributed by atoms with E-state index in [1.54, 1.807) is 0 Å². The molecule has 6 aromatic carbocycles. The summed E-state index contributed by atoms with van der Waals surface area (Å²) in [5.74, 6) is 0.637. The fraction of sp³-hybridized carbons (Fsp3) is 0.120. The summed E-state index contributed by atoms with van der Waals surface area (Å²) in [6.45, 7) is 4.72. The van der Waals surface area contributed by atoms with Gasteiger partial charge in [-0.15, -0.1) is 0 Å². The molecule has 2 aliphatic carbocycles. The molecule has 1 aromatic heterocycles. The zero-order chi connectivity index (χ0) is 35.0. The van der Waals surface area contributed by atoms with Crippen LogP contribution in [0, 0.1) is 11.8 Å². The third kappa shape index (κ3) is 5.81. The maximum absolute atomic E-state index is 2.58. The normalized spacial score (nSPS) is 18.6. The average Bonchev–Trinajstić information content (AvgIpc) is 3.53. The van der Waals surface area contributed by atoms with Gasteiger partial charge in [0.2, 0.25) is 0 Å². The molecule has 2 heteroatoms. The molecule has 7 aromatic rings. The van der Waals surface area contributed by atoms with Crippen molar-refractivity contribution in [3.8, 4) is 11.1 Å². The highest BCUT2D eigenvalue weighted by Crippen LogP contribution is 2.43. The summed E-state index contributed by atoms with van der Waals surface area (Å²) in [7, 11) is 0. The van der Waals surface area contributed by atoms with E-state index in [-0.39, 0.29) is 6.04 Å². The van der Waals surface area contributed by atoms with E-state index in [2.05, 4.69) is 211 Å². The number of nitrogens with zero attached hydrogens (tertiary/aromatic N) is 2. The first-order valence-electron chi connectivity index (χ1n) is 18.5. The molecule has 52 heavy (non-hydrogen) atoms. The Labute approximate surface area is 307 Å². The maximum Gasteiger partial charge on any atom is 0.0586 e. The molecule has 2 aliphatic rings. The van der Waals surface area contributed by atoms with Crippen LogP contribution in [0.1, 0.15) is 37.4 Å². The van der Waals surface area contributed by atoms with Crippen molar-refractivity contribution in [2.24, 2.45) is 11.8 Å². The summed E-state index contributed by atoms with van der Waals surface area (Å²) in [5.41, 5.74) is 13.9. The zero-order valence-corrected chi connectivity index (χ0v) is 29.7. The predicted octanol–water partition coefficient (Wildman–Crippen LogP) is 13.4. The van der Waals surface area contributed by atoms with Crippen molar-refractivity contribution >= 4 is 44.3 Å². The quantitative estimate of drug-likeness (QED) is 0.164. The molecule has 3 unspecified atom stereocenters. The van der Waals surface area contributed by atoms with Crippen molar-refractivity contribution in [3.05, 3.63) is 205 Å². The zero-order valence-electron chi connectivity index (χ0n) is 29.7. The summed E-state index contributed by atoms with van der Waals surface area (Å²) < 4.78 is 2.58. The van der Waals surface area contributed by atoms with Crippen LogP contribution >= 0.6 is 0 Å². The number of aromatic nitrogens is 1. The van der Waals surface area contributed by atoms with Crippen LogP contribution in [0.2, 0.25) is 0 Å². The van der Waals surface area contributed by atoms with Gasteiger partial charge in [-0.1, -0.05) is 166 Å². The van der Waals surface area contributed by atoms with Crippen LogP contribution in [0.4, 0.5) is 11.4 Å². The van der Waals surface area contributed by atoms with E-state index in [0.717, 1.165) is 6.42 Å². The van der Waals surface area contributed by atoms with Crippen LogP contribution in [0.3, 0.4) is 0 Å². The van der Waals surface area contributed by atoms with Gasteiger partial charge in [0.15, 0.2) is 0 Å². The van der Waals surface area contributed by atoms with E-state index in [4.69, 9.17) is 0 Å². The molecule has 2 nitrogen and oxygen atoms in total. The largest absolute Gasteiger partial charge is 0.333 e. The van der Waals surface area contributed by atoms with Crippen LogP contribution < -0.4 is 4.90 Å². The minimum atomic E-state index is 0.180. The standard InChI is InChI=1S/C50H42N2/c1-35-32-41(38-16-8-4-9-17-38)26-30-47(35)51(43-18-10-5-11-19-43)44-28-29-46-45-20-12-13-21-49(45)52(50(46)34-44)48-31-27-42(33-36(48)2)40-24-22-39(23-25-40)37-14-6-3-7-15-37/h3-31,33-36,48H,32H2,1-2H3. The monoisotopic (exact) mass is 670 g/mol. The fourth-order valence-corrected chi connectivity index (χ4v) is 8.30. The second-order valence-corrected chi connectivity index (χ2v) is 14.3. The molecule has 0 spiro atoms. The Balaban J connectivity index is 1.12. The van der Waals surface area contributed by atoms with E-state index in [1.165, 1.54) is 72.3 Å². The van der Waals surface area contributed by atoms with E-state index >= 15 is 0 Å². The molecule has 1 heterocycles. The highest BCUT2D eigenvalue weighted by molar-refractivity contribution is 6.09. The Kier molecular flexibility index (Phi) is 8.29. The molecule has 0 radical (unpaired) electrons. The number of allylic oxidation sites excluding steroid dienone is 8. The summed E-state index contributed by atoms with van der Waals surface area (Å²) >= 11 is 0. The maximum atomic E-state index is 2.58. The average molecular weight is 671 g/mol. The third-order valence-electron chi connectivity index (χ3n) is 10.9. The van der Waals surface area contributed by atoms with Gasteiger partial charge in [0.1, 0.15) is 0 Å². The second kappa shape index (κ2) is 13.5. The number of rotatable bonds is 7. The van der Waals surface area contributed by atoms with Gasteiger partial charge in [0.05, 0.1) is 11.6 Å². The summed E-state index contributed by atoms with van der Waals surface area (Å²) in [4.78, 5) is 2.47. The Hall–Kier alpha value is -6.12. The van der Waals surface area contributed by atoms with Crippen molar-refractivity contribution < 1.29 is 0 Å². The first kappa shape index (κ1) is 31.8. The minimum Gasteiger partial charge on any atom is -0.333 e. The summed E-state index contributed by atoms with van der Waals surface area (Å²) in [6.07, 6.45) is 12.9. The number of anilines is 2. The first-order valence-corrected chi connectivity index (χ1v) is 18.5. The van der Waals surface area contributed by atoms with Gasteiger partial charge in [-0.3, -0.25) is 0 Å².